The Bertz CT molecular complexity index is 811. The van der Waals surface area contributed by atoms with Crippen LogP contribution in [0.15, 0.2) is 48.7 Å². The number of H-pyrrole nitrogens is 1. The van der Waals surface area contributed by atoms with E-state index >= 15 is 0 Å². The van der Waals surface area contributed by atoms with Gasteiger partial charge in [-0.2, -0.15) is 18.3 Å². The standard InChI is InChI=1S/C13H10N2O.C2HF3O2/c16-12-5-3-9(4-6-12)10-1-2-11-8-14-15-13(11)7-10;3-2(4,5)1(6)7/h1-8,16H,(H,14,15);(H,6,7). The summed E-state index contributed by atoms with van der Waals surface area (Å²) in [7, 11) is 0. The minimum atomic E-state index is -5.08. The summed E-state index contributed by atoms with van der Waals surface area (Å²) in [4.78, 5) is 8.90. The summed E-state index contributed by atoms with van der Waals surface area (Å²) in [6, 6.07) is 13.3. The van der Waals surface area contributed by atoms with Gasteiger partial charge in [0.2, 0.25) is 0 Å². The molecule has 23 heavy (non-hydrogen) atoms. The molecule has 120 valence electrons. The van der Waals surface area contributed by atoms with Gasteiger partial charge in [0.1, 0.15) is 5.75 Å². The van der Waals surface area contributed by atoms with Crippen molar-refractivity contribution in [3.05, 3.63) is 48.7 Å². The van der Waals surface area contributed by atoms with Crippen LogP contribution in [0.3, 0.4) is 0 Å². The SMILES string of the molecule is O=C(O)C(F)(F)F.Oc1ccc(-c2ccc3cn[nH]c3c2)cc1. The first kappa shape index (κ1) is 16.3. The van der Waals surface area contributed by atoms with Crippen LogP contribution in [0.4, 0.5) is 13.2 Å². The molecule has 3 aromatic rings. The van der Waals surface area contributed by atoms with Gasteiger partial charge in [-0.05, 0) is 29.3 Å². The smallest absolute Gasteiger partial charge is 0.490 e. The first-order valence-electron chi connectivity index (χ1n) is 6.30. The van der Waals surface area contributed by atoms with Crippen molar-refractivity contribution in [3.63, 3.8) is 0 Å². The molecule has 0 atom stereocenters. The number of nitrogens with zero attached hydrogens (tertiary/aromatic N) is 1. The Morgan fingerprint density at radius 3 is 2.17 bits per heavy atom. The van der Waals surface area contributed by atoms with Gasteiger partial charge in [0.25, 0.3) is 0 Å². The van der Waals surface area contributed by atoms with Crippen LogP contribution in [0, 0.1) is 0 Å². The zero-order valence-electron chi connectivity index (χ0n) is 11.5. The van der Waals surface area contributed by atoms with Crippen LogP contribution in [0.5, 0.6) is 5.75 Å². The largest absolute Gasteiger partial charge is 0.508 e. The predicted octanol–water partition coefficient (Wildman–Crippen LogP) is 3.57. The lowest BCUT2D eigenvalue weighted by atomic mass is 10.0. The van der Waals surface area contributed by atoms with Crippen LogP contribution >= 0.6 is 0 Å². The lowest BCUT2D eigenvalue weighted by Crippen LogP contribution is -2.21. The minimum absolute atomic E-state index is 0.284. The second-order valence-electron chi connectivity index (χ2n) is 4.52. The van der Waals surface area contributed by atoms with Gasteiger partial charge in [-0.25, -0.2) is 4.79 Å². The molecule has 0 aliphatic rings. The number of carboxylic acids is 1. The monoisotopic (exact) mass is 324 g/mol. The normalized spacial score (nSPS) is 10.9. The van der Waals surface area contributed by atoms with E-state index in [1.165, 1.54) is 0 Å². The highest BCUT2D eigenvalue weighted by atomic mass is 19.4. The Balaban J connectivity index is 0.000000236. The Labute approximate surface area is 128 Å². The summed E-state index contributed by atoms with van der Waals surface area (Å²) in [5.74, 6) is -2.47. The minimum Gasteiger partial charge on any atom is -0.508 e. The summed E-state index contributed by atoms with van der Waals surface area (Å²) in [5.41, 5.74) is 3.21. The summed E-state index contributed by atoms with van der Waals surface area (Å²) < 4.78 is 31.7. The zero-order chi connectivity index (χ0) is 17.0. The lowest BCUT2D eigenvalue weighted by Gasteiger charge is -2.01. The first-order chi connectivity index (χ1) is 10.8. The molecule has 0 fully saturated rings. The van der Waals surface area contributed by atoms with Gasteiger partial charge in [0.05, 0.1) is 11.7 Å². The van der Waals surface area contributed by atoms with Crippen molar-refractivity contribution in [1.82, 2.24) is 10.2 Å². The van der Waals surface area contributed by atoms with Crippen LogP contribution in [-0.2, 0) is 4.79 Å². The summed E-state index contributed by atoms with van der Waals surface area (Å²) >= 11 is 0. The van der Waals surface area contributed by atoms with E-state index in [9.17, 15) is 18.3 Å². The number of benzene rings is 2. The number of halogens is 3. The number of aromatic hydroxyl groups is 1. The van der Waals surface area contributed by atoms with E-state index in [0.29, 0.717) is 0 Å². The van der Waals surface area contributed by atoms with Crippen molar-refractivity contribution in [3.8, 4) is 16.9 Å². The third-order valence-electron chi connectivity index (χ3n) is 2.89. The van der Waals surface area contributed by atoms with Crippen molar-refractivity contribution >= 4 is 16.9 Å². The molecule has 0 radical (unpaired) electrons. The summed E-state index contributed by atoms with van der Waals surface area (Å²) in [6.07, 6.45) is -3.28. The third kappa shape index (κ3) is 4.22. The topological polar surface area (TPSA) is 86.2 Å². The molecule has 5 nitrogen and oxygen atoms in total. The number of aliphatic carboxylic acids is 1. The molecule has 3 rings (SSSR count). The van der Waals surface area contributed by atoms with Gasteiger partial charge < -0.3 is 10.2 Å². The summed E-state index contributed by atoms with van der Waals surface area (Å²) in [5, 5.41) is 24.4. The summed E-state index contributed by atoms with van der Waals surface area (Å²) in [6.45, 7) is 0. The number of alkyl halides is 3. The maximum Gasteiger partial charge on any atom is 0.490 e. The Kier molecular flexibility index (Phi) is 4.54. The number of phenols is 1. The van der Waals surface area contributed by atoms with Gasteiger partial charge in [0, 0.05) is 5.39 Å². The molecule has 0 saturated heterocycles. The molecule has 0 aliphatic carbocycles. The molecule has 0 amide bonds. The maximum absolute atomic E-state index is 10.6. The third-order valence-corrected chi connectivity index (χ3v) is 2.89. The van der Waals surface area contributed by atoms with E-state index in [1.807, 2.05) is 24.3 Å². The number of carbonyl (C=O) groups is 1. The Hall–Kier alpha value is -3.03. The number of hydrogen-bond acceptors (Lipinski definition) is 3. The van der Waals surface area contributed by atoms with E-state index in [-0.39, 0.29) is 5.75 Å². The van der Waals surface area contributed by atoms with Crippen molar-refractivity contribution in [2.45, 2.75) is 6.18 Å². The number of rotatable bonds is 1. The number of fused-ring (bicyclic) bond motifs is 1. The van der Waals surface area contributed by atoms with Crippen molar-refractivity contribution in [2.75, 3.05) is 0 Å². The van der Waals surface area contributed by atoms with Crippen LogP contribution in [0.25, 0.3) is 22.0 Å². The maximum atomic E-state index is 10.6. The van der Waals surface area contributed by atoms with Gasteiger partial charge in [-0.15, -0.1) is 0 Å². The number of aromatic amines is 1. The van der Waals surface area contributed by atoms with E-state index in [2.05, 4.69) is 16.3 Å². The van der Waals surface area contributed by atoms with Crippen LogP contribution < -0.4 is 0 Å². The molecule has 0 saturated carbocycles. The quantitative estimate of drug-likeness (QED) is 0.639. The van der Waals surface area contributed by atoms with E-state index in [0.717, 1.165) is 22.0 Å². The molecule has 0 bridgehead atoms. The highest BCUT2D eigenvalue weighted by molar-refractivity contribution is 5.83. The molecule has 3 N–H and O–H groups in total. The Morgan fingerprint density at radius 2 is 1.61 bits per heavy atom. The van der Waals surface area contributed by atoms with Gasteiger partial charge >= 0.3 is 12.1 Å². The molecular weight excluding hydrogens is 313 g/mol. The molecular formula is C15H11F3N2O3. The zero-order valence-corrected chi connectivity index (χ0v) is 11.5. The highest BCUT2D eigenvalue weighted by Gasteiger charge is 2.38. The van der Waals surface area contributed by atoms with Gasteiger partial charge in [0.15, 0.2) is 0 Å². The number of carboxylic acid groups (broad SMARTS) is 1. The second-order valence-corrected chi connectivity index (χ2v) is 4.52. The average Bonchev–Trinajstić information content (AvgIpc) is 2.95. The highest BCUT2D eigenvalue weighted by Crippen LogP contribution is 2.24. The van der Waals surface area contributed by atoms with Gasteiger partial charge in [-0.1, -0.05) is 24.3 Å². The molecule has 8 heteroatoms. The first-order valence-corrected chi connectivity index (χ1v) is 6.30. The molecule has 0 spiro atoms. The van der Waals surface area contributed by atoms with Gasteiger partial charge in [-0.3, -0.25) is 5.10 Å². The fourth-order valence-corrected chi connectivity index (χ4v) is 1.77. The fourth-order valence-electron chi connectivity index (χ4n) is 1.77. The van der Waals surface area contributed by atoms with Crippen LogP contribution in [0.2, 0.25) is 0 Å². The van der Waals surface area contributed by atoms with Crippen LogP contribution in [-0.4, -0.2) is 32.6 Å². The molecule has 1 heterocycles. The number of hydrogen-bond donors (Lipinski definition) is 3. The van der Waals surface area contributed by atoms with Crippen molar-refractivity contribution < 1.29 is 28.2 Å². The molecule has 2 aromatic carbocycles. The number of aromatic nitrogens is 2. The van der Waals surface area contributed by atoms with E-state index in [4.69, 9.17) is 9.90 Å². The van der Waals surface area contributed by atoms with Crippen LogP contribution in [0.1, 0.15) is 0 Å². The van der Waals surface area contributed by atoms with E-state index < -0.39 is 12.1 Å². The molecule has 0 unspecified atom stereocenters. The fraction of sp³-hybridized carbons (Fsp3) is 0.0667. The number of nitrogens with one attached hydrogen (secondary N) is 1. The van der Waals surface area contributed by atoms with E-state index in [1.54, 1.807) is 18.3 Å². The van der Waals surface area contributed by atoms with Crippen molar-refractivity contribution in [2.24, 2.45) is 0 Å². The second kappa shape index (κ2) is 6.39. The average molecular weight is 324 g/mol. The Morgan fingerprint density at radius 1 is 1.04 bits per heavy atom. The molecule has 1 aromatic heterocycles. The number of phenolic OH excluding ortho intramolecular Hbond substituents is 1. The lowest BCUT2D eigenvalue weighted by molar-refractivity contribution is -0.192. The van der Waals surface area contributed by atoms with Crippen molar-refractivity contribution in [1.29, 1.82) is 0 Å². The predicted molar refractivity (Wildman–Crippen MR) is 76.9 cm³/mol. The molecule has 0 aliphatic heterocycles.